The predicted molar refractivity (Wildman–Crippen MR) is 97.1 cm³/mol. The third-order valence-corrected chi connectivity index (χ3v) is 4.99. The summed E-state index contributed by atoms with van der Waals surface area (Å²) in [4.78, 5) is 12.0. The van der Waals surface area contributed by atoms with E-state index in [1.165, 1.54) is 13.1 Å². The van der Waals surface area contributed by atoms with Crippen LogP contribution in [0.5, 0.6) is 0 Å². The Morgan fingerprint density at radius 1 is 1.12 bits per heavy atom. The number of hydrogen-bond donors (Lipinski definition) is 1. The maximum atomic E-state index is 12.2. The number of likely N-dealkylation sites (N-methyl/N-ethyl adjacent to an activating group) is 1. The van der Waals surface area contributed by atoms with E-state index < -0.39 is 15.9 Å². The summed E-state index contributed by atoms with van der Waals surface area (Å²) in [6.45, 7) is -0.313. The third-order valence-electron chi connectivity index (χ3n) is 3.18. The molecule has 0 aromatic heterocycles. The molecule has 0 unspecified atom stereocenters. The van der Waals surface area contributed by atoms with E-state index in [9.17, 15) is 13.2 Å². The molecule has 0 radical (unpaired) electrons. The Morgan fingerprint density at radius 2 is 1.75 bits per heavy atom. The van der Waals surface area contributed by atoms with Gasteiger partial charge in [-0.05, 0) is 23.8 Å². The first-order valence-corrected chi connectivity index (χ1v) is 9.00. The second-order valence-corrected chi connectivity index (χ2v) is 7.38. The molecule has 7 heteroatoms. The largest absolute Gasteiger partial charge is 0.324 e. The van der Waals surface area contributed by atoms with Gasteiger partial charge in [0.25, 0.3) is 0 Å². The molecule has 0 spiro atoms. The summed E-state index contributed by atoms with van der Waals surface area (Å²) < 4.78 is 25.4. The maximum Gasteiger partial charge on any atom is 0.239 e. The lowest BCUT2D eigenvalue weighted by Gasteiger charge is -2.14. The van der Waals surface area contributed by atoms with Crippen molar-refractivity contribution >= 4 is 39.3 Å². The average molecular weight is 365 g/mol. The molecule has 0 aliphatic carbocycles. The number of nitrogens with zero attached hydrogens (tertiary/aromatic N) is 1. The molecule has 0 saturated heterocycles. The zero-order valence-corrected chi connectivity index (χ0v) is 14.6. The van der Waals surface area contributed by atoms with Crippen molar-refractivity contribution in [2.75, 3.05) is 18.9 Å². The number of carbonyl (C=O) groups excluding carboxylic acids is 1. The van der Waals surface area contributed by atoms with Gasteiger partial charge in [-0.15, -0.1) is 0 Å². The summed E-state index contributed by atoms with van der Waals surface area (Å²) >= 11 is 5.95. The van der Waals surface area contributed by atoms with Crippen LogP contribution in [0.4, 0.5) is 5.69 Å². The van der Waals surface area contributed by atoms with Crippen molar-refractivity contribution in [1.82, 2.24) is 4.31 Å². The van der Waals surface area contributed by atoms with Crippen molar-refractivity contribution < 1.29 is 13.2 Å². The molecule has 1 N–H and O–H groups in total. The average Bonchev–Trinajstić information content (AvgIpc) is 2.56. The Bertz CT molecular complexity index is 836. The number of nitrogens with one attached hydrogen (secondary N) is 1. The highest BCUT2D eigenvalue weighted by Crippen LogP contribution is 2.20. The third kappa shape index (κ3) is 5.19. The van der Waals surface area contributed by atoms with Gasteiger partial charge in [0.1, 0.15) is 0 Å². The number of hydrogen-bond acceptors (Lipinski definition) is 3. The molecular weight excluding hydrogens is 348 g/mol. The lowest BCUT2D eigenvalue weighted by atomic mass is 10.2. The Morgan fingerprint density at radius 3 is 2.42 bits per heavy atom. The fourth-order valence-electron chi connectivity index (χ4n) is 1.88. The van der Waals surface area contributed by atoms with Gasteiger partial charge in [-0.2, -0.15) is 4.31 Å². The van der Waals surface area contributed by atoms with E-state index in [0.29, 0.717) is 10.7 Å². The summed E-state index contributed by atoms with van der Waals surface area (Å²) in [7, 11) is -2.35. The van der Waals surface area contributed by atoms with Crippen LogP contribution in [0.15, 0.2) is 60.0 Å². The fourth-order valence-corrected chi connectivity index (χ4v) is 2.89. The molecule has 126 valence electrons. The second kappa shape index (κ2) is 8.10. The van der Waals surface area contributed by atoms with Crippen molar-refractivity contribution in [2.24, 2.45) is 0 Å². The number of anilines is 1. The van der Waals surface area contributed by atoms with Gasteiger partial charge in [-0.25, -0.2) is 8.42 Å². The Balaban J connectivity index is 2.00. The highest BCUT2D eigenvalue weighted by molar-refractivity contribution is 7.92. The van der Waals surface area contributed by atoms with Crippen LogP contribution in [0.25, 0.3) is 6.08 Å². The van der Waals surface area contributed by atoms with Crippen molar-refractivity contribution in [1.29, 1.82) is 0 Å². The van der Waals surface area contributed by atoms with Crippen LogP contribution >= 0.6 is 11.6 Å². The summed E-state index contributed by atoms with van der Waals surface area (Å²) in [5.41, 5.74) is 1.20. The lowest BCUT2D eigenvalue weighted by molar-refractivity contribution is -0.116. The van der Waals surface area contributed by atoms with Gasteiger partial charge in [0.2, 0.25) is 15.9 Å². The molecule has 0 aliphatic rings. The number of sulfonamides is 1. The predicted octanol–water partition coefficient (Wildman–Crippen LogP) is 3.21. The first-order valence-electron chi connectivity index (χ1n) is 7.12. The van der Waals surface area contributed by atoms with Gasteiger partial charge in [-0.1, -0.05) is 54.1 Å². The molecule has 2 aromatic rings. The van der Waals surface area contributed by atoms with Crippen molar-refractivity contribution in [3.63, 3.8) is 0 Å². The Labute approximate surface area is 146 Å². The molecule has 0 aliphatic heterocycles. The number of halogens is 1. The highest BCUT2D eigenvalue weighted by Gasteiger charge is 2.18. The molecule has 2 rings (SSSR count). The number of benzene rings is 2. The minimum atomic E-state index is -3.70. The second-order valence-electron chi connectivity index (χ2n) is 5.04. The summed E-state index contributed by atoms with van der Waals surface area (Å²) in [5, 5.41) is 4.05. The molecule has 0 heterocycles. The van der Waals surface area contributed by atoms with Gasteiger partial charge >= 0.3 is 0 Å². The molecule has 24 heavy (non-hydrogen) atoms. The smallest absolute Gasteiger partial charge is 0.239 e. The summed E-state index contributed by atoms with van der Waals surface area (Å²) in [6.07, 6.45) is 1.48. The maximum absolute atomic E-state index is 12.2. The number of carbonyl (C=O) groups is 1. The van der Waals surface area contributed by atoms with Crippen LogP contribution in [-0.2, 0) is 14.8 Å². The minimum Gasteiger partial charge on any atom is -0.324 e. The van der Waals surface area contributed by atoms with Crippen LogP contribution in [0.1, 0.15) is 5.56 Å². The van der Waals surface area contributed by atoms with Crippen molar-refractivity contribution in [3.8, 4) is 0 Å². The molecule has 0 bridgehead atoms. The molecule has 0 saturated carbocycles. The fraction of sp³-hybridized carbons (Fsp3) is 0.118. The van der Waals surface area contributed by atoms with Gasteiger partial charge in [-0.3, -0.25) is 4.79 Å². The van der Waals surface area contributed by atoms with E-state index in [0.717, 1.165) is 15.3 Å². The lowest BCUT2D eigenvalue weighted by Crippen LogP contribution is -2.33. The van der Waals surface area contributed by atoms with Gasteiger partial charge < -0.3 is 5.32 Å². The molecule has 2 aromatic carbocycles. The number of amides is 1. The van der Waals surface area contributed by atoms with Gasteiger partial charge in [0, 0.05) is 12.5 Å². The van der Waals surface area contributed by atoms with E-state index in [1.54, 1.807) is 36.4 Å². The van der Waals surface area contributed by atoms with Gasteiger partial charge in [0.15, 0.2) is 0 Å². The quantitative estimate of drug-likeness (QED) is 0.855. The monoisotopic (exact) mass is 364 g/mol. The Kier molecular flexibility index (Phi) is 6.14. The first-order chi connectivity index (χ1) is 11.4. The standard InChI is InChI=1S/C17H17ClN2O3S/c1-20(13-17(21)19-16-10-6-5-9-15(16)18)24(22,23)12-11-14-7-3-2-4-8-14/h2-12H,13H2,1H3,(H,19,21)/b12-11+. The Hall–Kier alpha value is -2.15. The van der Waals surface area contributed by atoms with Crippen molar-refractivity contribution in [3.05, 3.63) is 70.6 Å². The summed E-state index contributed by atoms with van der Waals surface area (Å²) in [6, 6.07) is 15.8. The van der Waals surface area contributed by atoms with Crippen LogP contribution in [0, 0.1) is 0 Å². The van der Waals surface area contributed by atoms with E-state index in [1.807, 2.05) is 18.2 Å². The van der Waals surface area contributed by atoms with Crippen LogP contribution in [-0.4, -0.2) is 32.2 Å². The zero-order valence-electron chi connectivity index (χ0n) is 13.0. The first kappa shape index (κ1) is 18.2. The van der Waals surface area contributed by atoms with E-state index >= 15 is 0 Å². The number of para-hydroxylation sites is 1. The van der Waals surface area contributed by atoms with Crippen LogP contribution < -0.4 is 5.32 Å². The molecule has 1 amide bonds. The molecule has 0 fully saturated rings. The van der Waals surface area contributed by atoms with Crippen LogP contribution in [0.2, 0.25) is 5.02 Å². The molecule has 0 atom stereocenters. The minimum absolute atomic E-state index is 0.313. The highest BCUT2D eigenvalue weighted by atomic mass is 35.5. The normalized spacial score (nSPS) is 11.8. The molecule has 5 nitrogen and oxygen atoms in total. The van der Waals surface area contributed by atoms with E-state index in [2.05, 4.69) is 5.32 Å². The summed E-state index contributed by atoms with van der Waals surface area (Å²) in [5.74, 6) is -0.470. The van der Waals surface area contributed by atoms with Crippen LogP contribution in [0.3, 0.4) is 0 Å². The topological polar surface area (TPSA) is 66.5 Å². The van der Waals surface area contributed by atoms with Crippen molar-refractivity contribution in [2.45, 2.75) is 0 Å². The SMILES string of the molecule is CN(CC(=O)Nc1ccccc1Cl)S(=O)(=O)/C=C/c1ccccc1. The van der Waals surface area contributed by atoms with Gasteiger partial charge in [0.05, 0.1) is 17.3 Å². The molecular formula is C17H17ClN2O3S. The zero-order chi connectivity index (χ0) is 17.6. The van der Waals surface area contributed by atoms with E-state index in [-0.39, 0.29) is 6.54 Å². The van der Waals surface area contributed by atoms with E-state index in [4.69, 9.17) is 11.6 Å². The number of rotatable bonds is 6.